The number of benzene rings is 1. The minimum Gasteiger partial charge on any atom is -0.478 e. The van der Waals surface area contributed by atoms with Crippen LogP contribution in [0.5, 0.6) is 0 Å². The van der Waals surface area contributed by atoms with Gasteiger partial charge in [0.25, 0.3) is 0 Å². The molecule has 1 aromatic rings. The van der Waals surface area contributed by atoms with Gasteiger partial charge in [-0.05, 0) is 37.1 Å². The predicted octanol–water partition coefficient (Wildman–Crippen LogP) is 8.14. The van der Waals surface area contributed by atoms with Crippen molar-refractivity contribution in [3.8, 4) is 0 Å². The molecule has 0 fully saturated rings. The van der Waals surface area contributed by atoms with Crippen molar-refractivity contribution in [1.82, 2.24) is 0 Å². The first-order valence-electron chi connectivity index (χ1n) is 12.6. The molecule has 31 heavy (non-hydrogen) atoms. The van der Waals surface area contributed by atoms with E-state index in [1.165, 1.54) is 89.5 Å². The molecule has 2 N–H and O–H groups in total. The molecule has 1 aromatic carbocycles. The van der Waals surface area contributed by atoms with Crippen molar-refractivity contribution in [3.63, 3.8) is 0 Å². The summed E-state index contributed by atoms with van der Waals surface area (Å²) in [6.07, 6.45) is 19.6. The van der Waals surface area contributed by atoms with Crippen LogP contribution in [0.25, 0.3) is 0 Å². The second-order valence-corrected chi connectivity index (χ2v) is 9.11. The highest BCUT2D eigenvalue weighted by atomic mass is 16.4. The van der Waals surface area contributed by atoms with Gasteiger partial charge in [0.05, 0.1) is 5.56 Å². The van der Waals surface area contributed by atoms with Crippen LogP contribution in [-0.4, -0.2) is 17.0 Å². The van der Waals surface area contributed by atoms with Crippen molar-refractivity contribution in [2.24, 2.45) is 5.92 Å². The number of carboxylic acid groups (broad SMARTS) is 1. The Bertz CT molecular complexity index is 641. The second kappa shape index (κ2) is 16.8. The average Bonchev–Trinajstić information content (AvgIpc) is 2.75. The van der Waals surface area contributed by atoms with E-state index in [0.717, 1.165) is 18.4 Å². The van der Waals surface area contributed by atoms with Crippen LogP contribution in [0.1, 0.15) is 126 Å². The first-order chi connectivity index (χ1) is 15.0. The monoisotopic (exact) mass is 431 g/mol. The van der Waals surface area contributed by atoms with E-state index in [9.17, 15) is 9.59 Å². The topological polar surface area (TPSA) is 66.4 Å². The molecule has 0 aliphatic rings. The molecule has 0 spiro atoms. The molecule has 1 unspecified atom stereocenters. The second-order valence-electron chi connectivity index (χ2n) is 9.11. The third-order valence-corrected chi connectivity index (χ3v) is 6.17. The van der Waals surface area contributed by atoms with Gasteiger partial charge in [0, 0.05) is 11.6 Å². The first kappa shape index (κ1) is 27.2. The Kier molecular flexibility index (Phi) is 14.7. The fourth-order valence-electron chi connectivity index (χ4n) is 3.97. The van der Waals surface area contributed by atoms with Crippen LogP contribution in [0.15, 0.2) is 18.2 Å². The molecule has 176 valence electrons. The van der Waals surface area contributed by atoms with Crippen LogP contribution in [0, 0.1) is 12.8 Å². The van der Waals surface area contributed by atoms with E-state index in [-0.39, 0.29) is 17.4 Å². The third-order valence-electron chi connectivity index (χ3n) is 6.17. The van der Waals surface area contributed by atoms with Gasteiger partial charge < -0.3 is 10.4 Å². The zero-order valence-electron chi connectivity index (χ0n) is 20.2. The summed E-state index contributed by atoms with van der Waals surface area (Å²) < 4.78 is 0. The number of aromatic carboxylic acids is 1. The van der Waals surface area contributed by atoms with Crippen LogP contribution in [-0.2, 0) is 4.79 Å². The van der Waals surface area contributed by atoms with Gasteiger partial charge in [-0.1, -0.05) is 104 Å². The van der Waals surface area contributed by atoms with E-state index in [1.54, 1.807) is 12.1 Å². The van der Waals surface area contributed by atoms with E-state index >= 15 is 0 Å². The molecule has 1 rings (SSSR count). The molecule has 4 heteroatoms. The Balaban J connectivity index is 2.03. The molecule has 0 saturated carbocycles. The lowest BCUT2D eigenvalue weighted by molar-refractivity contribution is -0.119. The quantitative estimate of drug-likeness (QED) is 0.230. The van der Waals surface area contributed by atoms with Crippen molar-refractivity contribution in [1.29, 1.82) is 0 Å². The van der Waals surface area contributed by atoms with Gasteiger partial charge in [0.15, 0.2) is 0 Å². The first-order valence-corrected chi connectivity index (χ1v) is 12.6. The Morgan fingerprint density at radius 1 is 0.839 bits per heavy atom. The van der Waals surface area contributed by atoms with Crippen LogP contribution in [0.4, 0.5) is 5.69 Å². The molecule has 4 nitrogen and oxygen atoms in total. The minimum atomic E-state index is -0.952. The number of anilines is 1. The number of rotatable bonds is 18. The largest absolute Gasteiger partial charge is 0.478 e. The van der Waals surface area contributed by atoms with Crippen LogP contribution < -0.4 is 5.32 Å². The lowest BCUT2D eigenvalue weighted by Gasteiger charge is -2.14. The minimum absolute atomic E-state index is 0.0147. The lowest BCUT2D eigenvalue weighted by Crippen LogP contribution is -2.21. The summed E-state index contributed by atoms with van der Waals surface area (Å²) in [5.74, 6) is -0.969. The van der Waals surface area contributed by atoms with Gasteiger partial charge in [-0.2, -0.15) is 0 Å². The fourth-order valence-corrected chi connectivity index (χ4v) is 3.97. The summed E-state index contributed by atoms with van der Waals surface area (Å²) in [5, 5.41) is 12.0. The van der Waals surface area contributed by atoms with E-state index in [4.69, 9.17) is 5.11 Å². The Hall–Kier alpha value is -1.84. The zero-order valence-corrected chi connectivity index (χ0v) is 20.2. The van der Waals surface area contributed by atoms with Crippen molar-refractivity contribution in [3.05, 3.63) is 29.3 Å². The van der Waals surface area contributed by atoms with Crippen molar-refractivity contribution in [2.45, 2.75) is 117 Å². The summed E-state index contributed by atoms with van der Waals surface area (Å²) in [7, 11) is 0. The van der Waals surface area contributed by atoms with Crippen molar-refractivity contribution >= 4 is 17.6 Å². The van der Waals surface area contributed by atoms with Gasteiger partial charge in [0.1, 0.15) is 0 Å². The number of carbonyl (C=O) groups excluding carboxylic acids is 1. The number of nitrogens with one attached hydrogen (secondary N) is 1. The van der Waals surface area contributed by atoms with Crippen molar-refractivity contribution in [2.75, 3.05) is 5.32 Å². The summed E-state index contributed by atoms with van der Waals surface area (Å²) in [5.41, 5.74) is 1.71. The molecule has 0 aliphatic carbocycles. The van der Waals surface area contributed by atoms with Crippen LogP contribution >= 0.6 is 0 Å². The number of hydrogen-bond donors (Lipinski definition) is 2. The molecule has 0 bridgehead atoms. The number of carboxylic acids is 1. The normalized spacial score (nSPS) is 12.0. The number of carbonyl (C=O) groups is 2. The number of aryl methyl sites for hydroxylation is 1. The highest BCUT2D eigenvalue weighted by Crippen LogP contribution is 2.20. The van der Waals surface area contributed by atoms with E-state index in [1.807, 2.05) is 13.8 Å². The Labute approximate surface area is 190 Å². The van der Waals surface area contributed by atoms with Crippen LogP contribution in [0.2, 0.25) is 0 Å². The summed E-state index contributed by atoms with van der Waals surface area (Å²) >= 11 is 0. The van der Waals surface area contributed by atoms with E-state index in [0.29, 0.717) is 5.69 Å². The van der Waals surface area contributed by atoms with Gasteiger partial charge >= 0.3 is 5.97 Å². The molecule has 0 aliphatic heterocycles. The average molecular weight is 432 g/mol. The molecule has 0 saturated heterocycles. The van der Waals surface area contributed by atoms with Gasteiger partial charge in [-0.25, -0.2) is 4.79 Å². The predicted molar refractivity (Wildman–Crippen MR) is 131 cm³/mol. The maximum absolute atomic E-state index is 12.4. The van der Waals surface area contributed by atoms with Gasteiger partial charge in [-0.15, -0.1) is 0 Å². The third kappa shape index (κ3) is 12.6. The highest BCUT2D eigenvalue weighted by Gasteiger charge is 2.14. The van der Waals surface area contributed by atoms with Gasteiger partial charge in [0.2, 0.25) is 5.91 Å². The SMILES string of the molecule is CCCCCCCCCCCCCCCCC(C)C(=O)Nc1ccc(C(=O)O)cc1C. The van der Waals surface area contributed by atoms with E-state index < -0.39 is 5.97 Å². The summed E-state index contributed by atoms with van der Waals surface area (Å²) in [4.78, 5) is 23.4. The molecule has 0 heterocycles. The van der Waals surface area contributed by atoms with Crippen molar-refractivity contribution < 1.29 is 14.7 Å². The lowest BCUT2D eigenvalue weighted by atomic mass is 10.00. The summed E-state index contributed by atoms with van der Waals surface area (Å²) in [6, 6.07) is 4.80. The number of hydrogen-bond acceptors (Lipinski definition) is 2. The molecular weight excluding hydrogens is 386 g/mol. The van der Waals surface area contributed by atoms with E-state index in [2.05, 4.69) is 12.2 Å². The molecular formula is C27H45NO3. The molecule has 1 amide bonds. The standard InChI is InChI=1S/C27H45NO3/c1-4-5-6-7-8-9-10-11-12-13-14-15-16-17-18-22(2)26(29)28-25-20-19-24(27(30)31)21-23(25)3/h19-22H,4-18H2,1-3H3,(H,28,29)(H,30,31). The summed E-state index contributed by atoms with van der Waals surface area (Å²) in [6.45, 7) is 6.06. The Morgan fingerprint density at radius 2 is 1.32 bits per heavy atom. The van der Waals surface area contributed by atoms with Gasteiger partial charge in [-0.3, -0.25) is 4.79 Å². The number of unbranched alkanes of at least 4 members (excludes halogenated alkanes) is 13. The number of amides is 1. The molecule has 0 aromatic heterocycles. The Morgan fingerprint density at radius 3 is 1.77 bits per heavy atom. The fraction of sp³-hybridized carbons (Fsp3) is 0.704. The maximum Gasteiger partial charge on any atom is 0.335 e. The molecule has 0 radical (unpaired) electrons. The highest BCUT2D eigenvalue weighted by molar-refractivity contribution is 5.94. The molecule has 1 atom stereocenters. The van der Waals surface area contributed by atoms with Crippen LogP contribution in [0.3, 0.4) is 0 Å². The maximum atomic E-state index is 12.4. The smallest absolute Gasteiger partial charge is 0.335 e. The zero-order chi connectivity index (χ0) is 22.9.